The minimum Gasteiger partial charge on any atom is -0.452 e. The van der Waals surface area contributed by atoms with Gasteiger partial charge in [0.05, 0.1) is 39.9 Å². The van der Waals surface area contributed by atoms with Crippen molar-refractivity contribution in [1.82, 2.24) is 0 Å². The second kappa shape index (κ2) is 24.4. The van der Waals surface area contributed by atoms with Gasteiger partial charge in [0, 0.05) is 11.5 Å². The van der Waals surface area contributed by atoms with Crippen LogP contribution in [0.1, 0.15) is 62.1 Å². The summed E-state index contributed by atoms with van der Waals surface area (Å²) in [6.07, 6.45) is -17.6. The SMILES string of the molecule is [N-]=[N+]=NCC1O[C@H](O[C@H]2OC(CN)[C@@H](OC(=O)c3ccccc3)C(OC(=O)c3ccccc3)C2OC(=O)c2ccccc2)C(OC(=O)c2ccccc2)C(OC(=O)c2ccccc2)[C@@H]1OC(=O)c1ccccc1. The molecule has 0 radical (unpaired) electrons. The minimum atomic E-state index is -1.98. The largest absolute Gasteiger partial charge is 0.452 e. The third-order valence-electron chi connectivity index (χ3n) is 11.5. The molecule has 2 heterocycles. The van der Waals surface area contributed by atoms with Crippen molar-refractivity contribution < 1.29 is 71.4 Å². The molecule has 73 heavy (non-hydrogen) atoms. The molecule has 6 aromatic carbocycles. The van der Waals surface area contributed by atoms with Gasteiger partial charge in [0.15, 0.2) is 36.6 Å². The normalized spacial score (nSPS) is 23.2. The number of azide groups is 1. The van der Waals surface area contributed by atoms with Crippen molar-refractivity contribution in [1.29, 1.82) is 0 Å². The molecule has 0 amide bonds. The number of rotatable bonds is 17. The summed E-state index contributed by atoms with van der Waals surface area (Å²) in [4.78, 5) is 87.4. The lowest BCUT2D eigenvalue weighted by atomic mass is 9.96. The maximum absolute atomic E-state index is 14.2. The topological polar surface area (TPSA) is 260 Å². The van der Waals surface area contributed by atoms with Crippen molar-refractivity contribution in [3.63, 3.8) is 0 Å². The van der Waals surface area contributed by atoms with Crippen LogP contribution in [0.3, 0.4) is 0 Å². The highest BCUT2D eigenvalue weighted by Crippen LogP contribution is 2.37. The van der Waals surface area contributed by atoms with E-state index in [1.165, 1.54) is 72.8 Å². The molecular weight excluding hydrogens is 945 g/mol. The van der Waals surface area contributed by atoms with Crippen LogP contribution in [-0.4, -0.2) is 110 Å². The molecule has 2 aliphatic heterocycles. The summed E-state index contributed by atoms with van der Waals surface area (Å²) in [5.74, 6) is -5.71. The Bertz CT molecular complexity index is 2880. The molecule has 2 saturated heterocycles. The third kappa shape index (κ3) is 12.6. The summed E-state index contributed by atoms with van der Waals surface area (Å²) >= 11 is 0. The number of benzene rings is 6. The maximum Gasteiger partial charge on any atom is 0.338 e. The Morgan fingerprint density at radius 1 is 0.397 bits per heavy atom. The lowest BCUT2D eigenvalue weighted by Gasteiger charge is -2.48. The van der Waals surface area contributed by atoms with Crippen LogP contribution in [0.2, 0.25) is 0 Å². The highest BCUT2D eigenvalue weighted by molar-refractivity contribution is 5.92. The molecule has 2 aliphatic rings. The number of carbonyl (C=O) groups is 6. The molecule has 0 aliphatic carbocycles. The van der Waals surface area contributed by atoms with Crippen molar-refractivity contribution in [3.8, 4) is 0 Å². The van der Waals surface area contributed by atoms with Gasteiger partial charge in [-0.3, -0.25) is 0 Å². The first-order valence-corrected chi connectivity index (χ1v) is 22.8. The molecule has 10 atom stereocenters. The van der Waals surface area contributed by atoms with Crippen molar-refractivity contribution in [2.24, 2.45) is 10.8 Å². The van der Waals surface area contributed by atoms with E-state index in [0.717, 1.165) is 0 Å². The average Bonchev–Trinajstić information content (AvgIpc) is 3.44. The number of nitrogens with zero attached hydrogens (tertiary/aromatic N) is 3. The van der Waals surface area contributed by atoms with E-state index in [9.17, 15) is 34.3 Å². The summed E-state index contributed by atoms with van der Waals surface area (Å²) in [5.41, 5.74) is 16.3. The monoisotopic (exact) mass is 990 g/mol. The molecule has 6 aromatic rings. The van der Waals surface area contributed by atoms with Crippen molar-refractivity contribution in [3.05, 3.63) is 226 Å². The van der Waals surface area contributed by atoms with Crippen molar-refractivity contribution in [2.45, 2.75) is 61.4 Å². The van der Waals surface area contributed by atoms with Gasteiger partial charge in [0.2, 0.25) is 12.6 Å². The summed E-state index contributed by atoms with van der Waals surface area (Å²) in [6, 6.07) is 46.6. The summed E-state index contributed by atoms with van der Waals surface area (Å²) in [6.45, 7) is -1.03. The predicted octanol–water partition coefficient (Wildman–Crippen LogP) is 7.08. The highest BCUT2D eigenvalue weighted by atomic mass is 16.8. The van der Waals surface area contributed by atoms with E-state index in [1.807, 2.05) is 0 Å². The minimum absolute atomic E-state index is 0.0196. The van der Waals surface area contributed by atoms with Crippen LogP contribution in [-0.2, 0) is 42.6 Å². The second-order valence-corrected chi connectivity index (χ2v) is 16.3. The summed E-state index contributed by atoms with van der Waals surface area (Å²) in [7, 11) is 0. The van der Waals surface area contributed by atoms with Gasteiger partial charge in [0.25, 0.3) is 0 Å². The van der Waals surface area contributed by atoms with Crippen LogP contribution in [0.25, 0.3) is 10.4 Å². The zero-order valence-electron chi connectivity index (χ0n) is 38.6. The molecule has 19 nitrogen and oxygen atoms in total. The zero-order chi connectivity index (χ0) is 51.1. The fourth-order valence-corrected chi connectivity index (χ4v) is 7.96. The molecular formula is C54H46N4O15. The smallest absolute Gasteiger partial charge is 0.338 e. The molecule has 0 bridgehead atoms. The van der Waals surface area contributed by atoms with Crippen LogP contribution in [0.15, 0.2) is 187 Å². The molecule has 372 valence electrons. The first kappa shape index (κ1) is 50.7. The maximum atomic E-state index is 14.2. The van der Waals surface area contributed by atoms with Gasteiger partial charge in [-0.1, -0.05) is 114 Å². The van der Waals surface area contributed by atoms with Crippen LogP contribution in [0.4, 0.5) is 0 Å². The summed E-state index contributed by atoms with van der Waals surface area (Å²) < 4.78 is 56.3. The van der Waals surface area contributed by atoms with Crippen LogP contribution in [0.5, 0.6) is 0 Å². The van der Waals surface area contributed by atoms with Crippen LogP contribution in [0, 0.1) is 0 Å². The number of hydrogen-bond acceptors (Lipinski definition) is 17. The highest BCUT2D eigenvalue weighted by Gasteiger charge is 2.58. The van der Waals surface area contributed by atoms with E-state index in [4.69, 9.17) is 48.4 Å². The van der Waals surface area contributed by atoms with E-state index in [1.54, 1.807) is 109 Å². The Labute approximate surface area is 417 Å². The van der Waals surface area contributed by atoms with E-state index >= 15 is 0 Å². The second-order valence-electron chi connectivity index (χ2n) is 16.3. The third-order valence-corrected chi connectivity index (χ3v) is 11.5. The quantitative estimate of drug-likeness (QED) is 0.0315. The van der Waals surface area contributed by atoms with Crippen molar-refractivity contribution >= 4 is 35.8 Å². The standard InChI is InChI=1S/C54H46N4O15/c55-31-39-41(67-47(59)33-19-7-1-8-20-33)43(69-49(61)35-23-11-3-12-24-35)45(71-51(63)37-27-15-5-16-28-37)53(65-39)73-54-46(72-52(64)38-29-17-6-18-30-38)44(70-50(62)36-25-13-4-14-26-36)42(40(66-54)32-57-58-56)68-48(60)34-21-9-2-10-22-34/h1-30,39-46,53-54H,31-32,55H2/t39?,40?,41-,42-,43?,44?,45?,46?,53-,54-/m1/s1. The van der Waals surface area contributed by atoms with E-state index in [0.29, 0.717) is 0 Å². The van der Waals surface area contributed by atoms with Gasteiger partial charge >= 0.3 is 35.8 Å². The van der Waals surface area contributed by atoms with Gasteiger partial charge in [-0.2, -0.15) is 0 Å². The first-order chi connectivity index (χ1) is 35.6. The number of hydrogen-bond donors (Lipinski definition) is 1. The molecule has 0 spiro atoms. The molecule has 0 saturated carbocycles. The number of ether oxygens (including phenoxy) is 9. The van der Waals surface area contributed by atoms with Crippen molar-refractivity contribution in [2.75, 3.05) is 13.1 Å². The van der Waals surface area contributed by atoms with Gasteiger partial charge in [0.1, 0.15) is 12.2 Å². The lowest BCUT2D eigenvalue weighted by Crippen LogP contribution is -2.67. The van der Waals surface area contributed by atoms with E-state index < -0.39 is 110 Å². The Hall–Kier alpha value is -8.71. The average molecular weight is 991 g/mol. The summed E-state index contributed by atoms with van der Waals surface area (Å²) in [5, 5.41) is 3.70. The Balaban J connectivity index is 1.25. The van der Waals surface area contributed by atoms with Crippen LogP contribution < -0.4 is 5.73 Å². The van der Waals surface area contributed by atoms with Gasteiger partial charge in [-0.15, -0.1) is 0 Å². The van der Waals surface area contributed by atoms with Gasteiger partial charge in [-0.25, -0.2) is 28.8 Å². The molecule has 6 unspecified atom stereocenters. The number of esters is 6. The Kier molecular flexibility index (Phi) is 16.9. The van der Waals surface area contributed by atoms with Gasteiger partial charge < -0.3 is 48.4 Å². The van der Waals surface area contributed by atoms with E-state index in [2.05, 4.69) is 10.0 Å². The molecule has 19 heteroatoms. The lowest BCUT2D eigenvalue weighted by molar-refractivity contribution is -0.368. The molecule has 0 aromatic heterocycles. The fraction of sp³-hybridized carbons (Fsp3) is 0.222. The number of nitrogens with two attached hydrogens (primary N) is 1. The van der Waals surface area contributed by atoms with Crippen LogP contribution >= 0.6 is 0 Å². The fourth-order valence-electron chi connectivity index (χ4n) is 7.96. The molecule has 8 rings (SSSR count). The zero-order valence-corrected chi connectivity index (χ0v) is 38.6. The van der Waals surface area contributed by atoms with E-state index in [-0.39, 0.29) is 33.4 Å². The first-order valence-electron chi connectivity index (χ1n) is 22.8. The van der Waals surface area contributed by atoms with Gasteiger partial charge in [-0.05, 0) is 78.3 Å². The molecule has 2 fully saturated rings. The Morgan fingerprint density at radius 3 is 0.918 bits per heavy atom. The molecule has 2 N–H and O–H groups in total. The number of carbonyl (C=O) groups excluding carboxylic acids is 6. The Morgan fingerprint density at radius 2 is 0.644 bits per heavy atom. The predicted molar refractivity (Wildman–Crippen MR) is 255 cm³/mol.